The quantitative estimate of drug-likeness (QED) is 0.865. The fraction of sp³-hybridized carbons (Fsp3) is 0.462. The molecule has 1 amide bonds. The van der Waals surface area contributed by atoms with Gasteiger partial charge in [-0.2, -0.15) is 0 Å². The number of alkyl halides is 1. The highest BCUT2D eigenvalue weighted by molar-refractivity contribution is 7.91. The minimum atomic E-state index is -3.00. The number of nitrogens with one attached hydrogen (secondary N) is 1. The summed E-state index contributed by atoms with van der Waals surface area (Å²) in [5.41, 5.74) is 1.47. The molecule has 1 fully saturated rings. The fourth-order valence-electron chi connectivity index (χ4n) is 2.15. The van der Waals surface area contributed by atoms with E-state index in [1.807, 2.05) is 0 Å². The van der Waals surface area contributed by atoms with Crippen LogP contribution in [0, 0.1) is 0 Å². The van der Waals surface area contributed by atoms with Gasteiger partial charge in [-0.05, 0) is 30.5 Å². The number of hydrogen-bond acceptors (Lipinski definition) is 3. The normalized spacial score (nSPS) is 21.8. The van der Waals surface area contributed by atoms with Crippen LogP contribution in [0.15, 0.2) is 24.3 Å². The summed E-state index contributed by atoms with van der Waals surface area (Å²) in [5.74, 6) is 0.439. The van der Waals surface area contributed by atoms with Gasteiger partial charge in [-0.1, -0.05) is 12.1 Å². The highest BCUT2D eigenvalue weighted by Gasteiger charge is 2.26. The Morgan fingerprint density at radius 1 is 1.32 bits per heavy atom. The largest absolute Gasteiger partial charge is 0.348 e. The van der Waals surface area contributed by atoms with Crippen LogP contribution in [-0.4, -0.2) is 31.9 Å². The van der Waals surface area contributed by atoms with Crippen molar-refractivity contribution >= 4 is 27.3 Å². The zero-order chi connectivity index (χ0) is 13.9. The van der Waals surface area contributed by atoms with Gasteiger partial charge in [0, 0.05) is 17.5 Å². The van der Waals surface area contributed by atoms with E-state index in [0.29, 0.717) is 24.3 Å². The summed E-state index contributed by atoms with van der Waals surface area (Å²) in [5, 5.41) is 2.78. The van der Waals surface area contributed by atoms with E-state index in [-0.39, 0.29) is 23.5 Å². The van der Waals surface area contributed by atoms with E-state index in [4.69, 9.17) is 11.6 Å². The van der Waals surface area contributed by atoms with Crippen LogP contribution < -0.4 is 5.32 Å². The van der Waals surface area contributed by atoms with E-state index >= 15 is 0 Å². The fourth-order valence-corrected chi connectivity index (χ4v) is 3.96. The predicted molar refractivity (Wildman–Crippen MR) is 75.1 cm³/mol. The molecule has 0 spiro atoms. The Morgan fingerprint density at radius 2 is 2.00 bits per heavy atom. The number of amides is 1. The van der Waals surface area contributed by atoms with Crippen molar-refractivity contribution in [3.63, 3.8) is 0 Å². The van der Waals surface area contributed by atoms with Crippen LogP contribution in [0.5, 0.6) is 0 Å². The number of sulfone groups is 1. The van der Waals surface area contributed by atoms with E-state index in [9.17, 15) is 13.2 Å². The van der Waals surface area contributed by atoms with Crippen molar-refractivity contribution in [2.45, 2.75) is 24.8 Å². The van der Waals surface area contributed by atoms with Gasteiger partial charge in [0.25, 0.3) is 5.91 Å². The lowest BCUT2D eigenvalue weighted by molar-refractivity contribution is 0.0938. The van der Waals surface area contributed by atoms with E-state index in [2.05, 4.69) is 5.32 Å². The van der Waals surface area contributed by atoms with Gasteiger partial charge in [0.2, 0.25) is 0 Å². The van der Waals surface area contributed by atoms with Gasteiger partial charge in [-0.3, -0.25) is 4.79 Å². The molecule has 1 saturated heterocycles. The second kappa shape index (κ2) is 5.92. The monoisotopic (exact) mass is 301 g/mol. The van der Waals surface area contributed by atoms with Gasteiger partial charge < -0.3 is 5.32 Å². The molecule has 0 radical (unpaired) electrons. The molecule has 19 heavy (non-hydrogen) atoms. The number of carbonyl (C=O) groups is 1. The molecule has 0 bridgehead atoms. The van der Waals surface area contributed by atoms with E-state index < -0.39 is 9.84 Å². The molecule has 104 valence electrons. The number of halogens is 1. The average molecular weight is 302 g/mol. The smallest absolute Gasteiger partial charge is 0.251 e. The predicted octanol–water partition coefficient (Wildman–Crippen LogP) is 1.73. The lowest BCUT2D eigenvalue weighted by Gasteiger charge is -2.23. The number of benzene rings is 1. The van der Waals surface area contributed by atoms with Crippen LogP contribution in [0.25, 0.3) is 0 Å². The topological polar surface area (TPSA) is 63.2 Å². The first-order valence-electron chi connectivity index (χ1n) is 6.16. The zero-order valence-electron chi connectivity index (χ0n) is 10.4. The molecule has 0 saturated carbocycles. The summed E-state index contributed by atoms with van der Waals surface area (Å²) >= 11 is 5.68. The first-order chi connectivity index (χ1) is 9.00. The Bertz CT molecular complexity index is 554. The minimum Gasteiger partial charge on any atom is -0.348 e. The van der Waals surface area contributed by atoms with E-state index in [0.717, 1.165) is 5.56 Å². The summed E-state index contributed by atoms with van der Waals surface area (Å²) in [4.78, 5) is 12.0. The molecule has 1 unspecified atom stereocenters. The summed E-state index contributed by atoms with van der Waals surface area (Å²) in [7, 11) is -3.00. The molecule has 1 heterocycles. The Kier molecular flexibility index (Phi) is 4.47. The summed E-state index contributed by atoms with van der Waals surface area (Å²) < 4.78 is 23.0. The van der Waals surface area contributed by atoms with Crippen LogP contribution in [0.1, 0.15) is 28.8 Å². The molecule has 2 rings (SSSR count). The average Bonchev–Trinajstić information content (AvgIpc) is 2.37. The number of hydrogen-bond donors (Lipinski definition) is 1. The molecule has 1 aromatic rings. The summed E-state index contributed by atoms with van der Waals surface area (Å²) in [6.45, 7) is 0. The van der Waals surface area contributed by atoms with Crippen LogP contribution >= 0.6 is 11.6 Å². The van der Waals surface area contributed by atoms with Crippen molar-refractivity contribution in [2.75, 3.05) is 11.5 Å². The van der Waals surface area contributed by atoms with Gasteiger partial charge >= 0.3 is 0 Å². The Balaban J connectivity index is 2.00. The van der Waals surface area contributed by atoms with Gasteiger partial charge in [0.1, 0.15) is 0 Å². The molecule has 1 aliphatic rings. The Labute approximate surface area is 118 Å². The molecular formula is C13H16ClNO3S. The Morgan fingerprint density at radius 3 is 2.58 bits per heavy atom. The number of carbonyl (C=O) groups excluding carboxylic acids is 1. The van der Waals surface area contributed by atoms with Gasteiger partial charge in [-0.25, -0.2) is 8.42 Å². The van der Waals surface area contributed by atoms with Crippen LogP contribution in [-0.2, 0) is 15.7 Å². The lowest BCUT2D eigenvalue weighted by atomic mass is 10.1. The van der Waals surface area contributed by atoms with Crippen molar-refractivity contribution < 1.29 is 13.2 Å². The lowest BCUT2D eigenvalue weighted by Crippen LogP contribution is -2.43. The molecule has 6 heteroatoms. The summed E-state index contributed by atoms with van der Waals surface area (Å²) in [6, 6.07) is 6.70. The van der Waals surface area contributed by atoms with Crippen LogP contribution in [0.3, 0.4) is 0 Å². The SMILES string of the molecule is O=C(NC1CCCS(=O)(=O)C1)c1ccc(CCl)cc1. The molecule has 0 aliphatic carbocycles. The first-order valence-corrected chi connectivity index (χ1v) is 8.52. The van der Waals surface area contributed by atoms with E-state index in [1.54, 1.807) is 24.3 Å². The van der Waals surface area contributed by atoms with Gasteiger partial charge in [-0.15, -0.1) is 11.6 Å². The molecule has 1 aromatic carbocycles. The van der Waals surface area contributed by atoms with Crippen molar-refractivity contribution in [1.82, 2.24) is 5.32 Å². The number of rotatable bonds is 3. The molecule has 0 aromatic heterocycles. The van der Waals surface area contributed by atoms with Crippen LogP contribution in [0.4, 0.5) is 0 Å². The van der Waals surface area contributed by atoms with Crippen LogP contribution in [0.2, 0.25) is 0 Å². The van der Waals surface area contributed by atoms with Gasteiger partial charge in [0.05, 0.1) is 11.5 Å². The van der Waals surface area contributed by atoms with Gasteiger partial charge in [0.15, 0.2) is 9.84 Å². The standard InChI is InChI=1S/C13H16ClNO3S/c14-8-10-3-5-11(6-4-10)13(16)15-12-2-1-7-19(17,18)9-12/h3-6,12H,1-2,7-9H2,(H,15,16). The molecule has 1 aliphatic heterocycles. The maximum Gasteiger partial charge on any atom is 0.251 e. The van der Waals surface area contributed by atoms with Crippen molar-refractivity contribution in [3.8, 4) is 0 Å². The zero-order valence-corrected chi connectivity index (χ0v) is 12.0. The highest BCUT2D eigenvalue weighted by Crippen LogP contribution is 2.13. The molecular weight excluding hydrogens is 286 g/mol. The second-order valence-corrected chi connectivity index (χ2v) is 7.25. The third-order valence-corrected chi connectivity index (χ3v) is 5.30. The third-order valence-electron chi connectivity index (χ3n) is 3.17. The Hall–Kier alpha value is -1.07. The summed E-state index contributed by atoms with van der Waals surface area (Å²) in [6.07, 6.45) is 1.32. The maximum atomic E-state index is 12.0. The van der Waals surface area contributed by atoms with E-state index in [1.165, 1.54) is 0 Å². The molecule has 1 atom stereocenters. The molecule has 4 nitrogen and oxygen atoms in total. The highest BCUT2D eigenvalue weighted by atomic mass is 35.5. The van der Waals surface area contributed by atoms with Crippen molar-refractivity contribution in [2.24, 2.45) is 0 Å². The second-order valence-electron chi connectivity index (χ2n) is 4.76. The minimum absolute atomic E-state index is 0.0402. The first kappa shape index (κ1) is 14.3. The third kappa shape index (κ3) is 3.94. The molecule has 1 N–H and O–H groups in total. The maximum absolute atomic E-state index is 12.0. The van der Waals surface area contributed by atoms with Crippen molar-refractivity contribution in [3.05, 3.63) is 35.4 Å². The van der Waals surface area contributed by atoms with Crippen molar-refractivity contribution in [1.29, 1.82) is 0 Å².